The summed E-state index contributed by atoms with van der Waals surface area (Å²) in [6.45, 7) is 0. The number of amides is 1. The Bertz CT molecular complexity index is 313. The second-order valence-corrected chi connectivity index (χ2v) is 2.30. The summed E-state index contributed by atoms with van der Waals surface area (Å²) in [6.07, 6.45) is 1.30. The number of rotatable bonds is 1. The van der Waals surface area contributed by atoms with Gasteiger partial charge < -0.3 is 0 Å². The molecular formula is C9H8NO2+. The van der Waals surface area contributed by atoms with Gasteiger partial charge in [0, 0.05) is 0 Å². The first kappa shape index (κ1) is 8.53. The van der Waals surface area contributed by atoms with E-state index in [1.165, 1.54) is 18.1 Å². The van der Waals surface area contributed by atoms with E-state index in [1.807, 2.05) is 6.07 Å². The van der Waals surface area contributed by atoms with Crippen LogP contribution in [0.25, 0.3) is 0 Å². The van der Waals surface area contributed by atoms with Crippen molar-refractivity contribution >= 4 is 11.6 Å². The topological polar surface area (TPSA) is 40.2 Å². The Hall–Kier alpha value is -1.57. The van der Waals surface area contributed by atoms with Crippen LogP contribution in [0.4, 0.5) is 5.69 Å². The molecule has 0 saturated heterocycles. The fourth-order valence-electron chi connectivity index (χ4n) is 0.837. The first-order valence-electron chi connectivity index (χ1n) is 3.46. The molecule has 0 heterocycles. The first-order valence-corrected chi connectivity index (χ1v) is 3.46. The van der Waals surface area contributed by atoms with Gasteiger partial charge in [0.2, 0.25) is 0 Å². The Morgan fingerprint density at radius 1 is 1.42 bits per heavy atom. The third-order valence-electron chi connectivity index (χ3n) is 1.54. The van der Waals surface area contributed by atoms with Crippen LogP contribution in [-0.4, -0.2) is 13.0 Å². The molecule has 1 aromatic carbocycles. The van der Waals surface area contributed by atoms with Crippen LogP contribution in [0.5, 0.6) is 0 Å². The molecule has 12 heavy (non-hydrogen) atoms. The zero-order valence-corrected chi connectivity index (χ0v) is 6.65. The van der Waals surface area contributed by atoms with E-state index in [2.05, 4.69) is 0 Å². The first-order chi connectivity index (χ1) is 5.75. The molecule has 0 N–H and O–H groups in total. The van der Waals surface area contributed by atoms with Crippen molar-refractivity contribution in [1.29, 1.82) is 0 Å². The fourth-order valence-corrected chi connectivity index (χ4v) is 0.837. The predicted octanol–water partition coefficient (Wildman–Crippen LogP) is 1.04. The minimum atomic E-state index is -0.666. The van der Waals surface area contributed by atoms with Gasteiger partial charge in [0.1, 0.15) is 0 Å². The number of likely N-dealkylation sites (N-methyl/N-ethyl adjacent to an activating group) is 1. The number of para-hydroxylation sites is 1. The van der Waals surface area contributed by atoms with Crippen LogP contribution in [0.15, 0.2) is 30.3 Å². The zero-order chi connectivity index (χ0) is 8.97. The molecule has 0 aliphatic heterocycles. The van der Waals surface area contributed by atoms with Crippen LogP contribution in [0, 0.1) is 6.15 Å². The van der Waals surface area contributed by atoms with Gasteiger partial charge in [-0.15, -0.1) is 0 Å². The van der Waals surface area contributed by atoms with Crippen molar-refractivity contribution in [2.24, 2.45) is 0 Å². The molecule has 0 aliphatic rings. The molecule has 0 aromatic heterocycles. The van der Waals surface area contributed by atoms with Crippen LogP contribution >= 0.6 is 0 Å². The molecule has 3 heteroatoms. The maximum atomic E-state index is 10.8. The van der Waals surface area contributed by atoms with Crippen LogP contribution in [0.1, 0.15) is 0 Å². The van der Waals surface area contributed by atoms with E-state index in [4.69, 9.17) is 0 Å². The number of carbonyl (C=O) groups excluding carboxylic acids is 1. The Morgan fingerprint density at radius 3 is 2.50 bits per heavy atom. The molecule has 0 spiro atoms. The molecule has 0 radical (unpaired) electrons. The second-order valence-electron chi connectivity index (χ2n) is 2.30. The van der Waals surface area contributed by atoms with Crippen molar-refractivity contribution < 1.29 is 9.45 Å². The second kappa shape index (κ2) is 3.72. The van der Waals surface area contributed by atoms with E-state index in [1.54, 1.807) is 24.3 Å². The Kier molecular flexibility index (Phi) is 2.64. The Balaban J connectivity index is 2.87. The van der Waals surface area contributed by atoms with Crippen LogP contribution in [0.3, 0.4) is 0 Å². The molecule has 0 saturated carbocycles. The standard InChI is InChI=1S/C9H8NO2/c1-10(9(12)7-11)8-5-3-2-4-6-8/h2-6H,1H3/q+1. The van der Waals surface area contributed by atoms with Gasteiger partial charge in [-0.3, -0.25) is 0 Å². The van der Waals surface area contributed by atoms with Gasteiger partial charge in [0.05, 0.1) is 0 Å². The molecule has 1 amide bonds. The van der Waals surface area contributed by atoms with E-state index in [-0.39, 0.29) is 0 Å². The van der Waals surface area contributed by atoms with Gasteiger partial charge >= 0.3 is 69.5 Å². The summed E-state index contributed by atoms with van der Waals surface area (Å²) in [5, 5.41) is 0. The molecule has 0 atom stereocenters. The van der Waals surface area contributed by atoms with E-state index >= 15 is 0 Å². The number of hydrogen-bond donors (Lipinski definition) is 0. The average molecular weight is 162 g/mol. The van der Waals surface area contributed by atoms with E-state index < -0.39 is 5.91 Å². The van der Waals surface area contributed by atoms with Crippen molar-refractivity contribution in [3.05, 3.63) is 30.3 Å². The molecular weight excluding hydrogens is 154 g/mol. The summed E-state index contributed by atoms with van der Waals surface area (Å²) >= 11 is 0. The van der Waals surface area contributed by atoms with Crippen molar-refractivity contribution in [3.63, 3.8) is 0 Å². The fraction of sp³-hybridized carbons (Fsp3) is 0.111. The van der Waals surface area contributed by atoms with Crippen molar-refractivity contribution in [3.8, 4) is 6.15 Å². The molecule has 3 nitrogen and oxygen atoms in total. The van der Waals surface area contributed by atoms with Crippen molar-refractivity contribution in [2.75, 3.05) is 11.9 Å². The van der Waals surface area contributed by atoms with Crippen LogP contribution < -0.4 is 4.90 Å². The third kappa shape index (κ3) is 1.72. The third-order valence-corrected chi connectivity index (χ3v) is 1.54. The summed E-state index contributed by atoms with van der Waals surface area (Å²) in [7, 11) is 1.53. The van der Waals surface area contributed by atoms with Crippen molar-refractivity contribution in [2.45, 2.75) is 0 Å². The van der Waals surface area contributed by atoms with E-state index in [0.29, 0.717) is 5.69 Å². The molecule has 1 aromatic rings. The Morgan fingerprint density at radius 2 is 2.00 bits per heavy atom. The molecule has 0 fully saturated rings. The summed E-state index contributed by atoms with van der Waals surface area (Å²) in [5.74, 6) is -0.666. The van der Waals surface area contributed by atoms with Crippen molar-refractivity contribution in [1.82, 2.24) is 0 Å². The average Bonchev–Trinajstić information content (AvgIpc) is 2.17. The van der Waals surface area contributed by atoms with E-state index in [9.17, 15) is 9.45 Å². The predicted molar refractivity (Wildman–Crippen MR) is 44.4 cm³/mol. The number of anilines is 1. The Labute approximate surface area is 70.3 Å². The molecule has 60 valence electrons. The molecule has 0 unspecified atom stereocenters. The summed E-state index contributed by atoms with van der Waals surface area (Å²) in [6, 6.07) is 8.92. The van der Waals surface area contributed by atoms with Gasteiger partial charge in [0.25, 0.3) is 0 Å². The number of carbonyl (C=O) groups is 1. The van der Waals surface area contributed by atoms with Gasteiger partial charge in [-0.25, -0.2) is 0 Å². The number of nitrogens with zero attached hydrogens (tertiary/aromatic N) is 1. The summed E-state index contributed by atoms with van der Waals surface area (Å²) < 4.78 is 10.0. The quantitative estimate of drug-likeness (QED) is 0.569. The number of hydrogen-bond acceptors (Lipinski definition) is 1. The summed E-state index contributed by atoms with van der Waals surface area (Å²) in [4.78, 5) is 12.1. The van der Waals surface area contributed by atoms with Gasteiger partial charge in [-0.05, 0) is 0 Å². The van der Waals surface area contributed by atoms with E-state index in [0.717, 1.165) is 0 Å². The normalized spacial score (nSPS) is 8.67. The number of benzene rings is 1. The van der Waals surface area contributed by atoms with Gasteiger partial charge in [0.15, 0.2) is 0 Å². The zero-order valence-electron chi connectivity index (χ0n) is 6.65. The molecule has 0 bridgehead atoms. The maximum absolute atomic E-state index is 10.8. The summed E-state index contributed by atoms with van der Waals surface area (Å²) in [5.41, 5.74) is 0.686. The molecule has 1 rings (SSSR count). The SMILES string of the molecule is CN(C(=O)C#[O+])c1ccccc1. The minimum absolute atomic E-state index is 0.666. The molecule has 0 aliphatic carbocycles. The van der Waals surface area contributed by atoms with Gasteiger partial charge in [-0.1, -0.05) is 0 Å². The van der Waals surface area contributed by atoms with Crippen LogP contribution in [0.2, 0.25) is 0 Å². The van der Waals surface area contributed by atoms with Gasteiger partial charge in [-0.2, -0.15) is 0 Å². The van der Waals surface area contributed by atoms with Crippen LogP contribution in [-0.2, 0) is 9.45 Å². The monoisotopic (exact) mass is 162 g/mol.